The van der Waals surface area contributed by atoms with Crippen molar-refractivity contribution in [3.8, 4) is 0 Å². The SMILES string of the molecule is CS(=O)CCCNC(=O)c1cc(Cl)ncc1Cl. The second-order valence-electron chi connectivity index (χ2n) is 3.37. The maximum absolute atomic E-state index is 11.7. The van der Waals surface area contributed by atoms with Gasteiger partial charge in [0.05, 0.1) is 10.6 Å². The lowest BCUT2D eigenvalue weighted by Gasteiger charge is -2.06. The molecule has 1 rings (SSSR count). The Morgan fingerprint density at radius 1 is 1.53 bits per heavy atom. The van der Waals surface area contributed by atoms with Gasteiger partial charge in [0.2, 0.25) is 0 Å². The van der Waals surface area contributed by atoms with E-state index in [1.807, 2.05) is 0 Å². The summed E-state index contributed by atoms with van der Waals surface area (Å²) in [5.74, 6) is 0.256. The molecular weight excluding hydrogens is 283 g/mol. The molecule has 7 heteroatoms. The number of carbonyl (C=O) groups excluding carboxylic acids is 1. The summed E-state index contributed by atoms with van der Waals surface area (Å²) in [6.07, 6.45) is 3.62. The van der Waals surface area contributed by atoms with Crippen molar-refractivity contribution in [2.24, 2.45) is 0 Å². The van der Waals surface area contributed by atoms with E-state index in [1.54, 1.807) is 6.26 Å². The summed E-state index contributed by atoms with van der Waals surface area (Å²) >= 11 is 11.5. The van der Waals surface area contributed by atoms with Gasteiger partial charge in [-0.3, -0.25) is 9.00 Å². The van der Waals surface area contributed by atoms with Gasteiger partial charge in [-0.25, -0.2) is 4.98 Å². The summed E-state index contributed by atoms with van der Waals surface area (Å²) in [7, 11) is -0.841. The van der Waals surface area contributed by atoms with Gasteiger partial charge < -0.3 is 5.32 Å². The minimum atomic E-state index is -0.841. The first-order valence-electron chi connectivity index (χ1n) is 4.90. The first-order chi connectivity index (χ1) is 8.00. The van der Waals surface area contributed by atoms with Crippen LogP contribution in [0.1, 0.15) is 16.8 Å². The van der Waals surface area contributed by atoms with E-state index in [2.05, 4.69) is 10.3 Å². The van der Waals surface area contributed by atoms with Gasteiger partial charge in [-0.2, -0.15) is 0 Å². The maximum atomic E-state index is 11.7. The fourth-order valence-electron chi connectivity index (χ4n) is 1.16. The average molecular weight is 295 g/mol. The van der Waals surface area contributed by atoms with Crippen LogP contribution >= 0.6 is 23.2 Å². The lowest BCUT2D eigenvalue weighted by atomic mass is 10.2. The second kappa shape index (κ2) is 6.93. The van der Waals surface area contributed by atoms with Crippen molar-refractivity contribution in [1.29, 1.82) is 0 Å². The Kier molecular flexibility index (Phi) is 5.88. The van der Waals surface area contributed by atoms with Crippen LogP contribution in [-0.2, 0) is 10.8 Å². The minimum Gasteiger partial charge on any atom is -0.352 e. The average Bonchev–Trinajstić information content (AvgIpc) is 2.27. The van der Waals surface area contributed by atoms with Crippen molar-refractivity contribution in [2.45, 2.75) is 6.42 Å². The molecule has 0 saturated heterocycles. The van der Waals surface area contributed by atoms with Crippen LogP contribution in [0.2, 0.25) is 10.2 Å². The zero-order valence-corrected chi connectivity index (χ0v) is 11.5. The molecule has 0 bridgehead atoms. The van der Waals surface area contributed by atoms with Gasteiger partial charge in [0, 0.05) is 35.5 Å². The molecule has 1 amide bonds. The first kappa shape index (κ1) is 14.4. The summed E-state index contributed by atoms with van der Waals surface area (Å²) in [6.45, 7) is 0.453. The first-order valence-corrected chi connectivity index (χ1v) is 7.38. The lowest BCUT2D eigenvalue weighted by Crippen LogP contribution is -2.25. The molecule has 1 atom stereocenters. The number of aromatic nitrogens is 1. The Balaban J connectivity index is 2.52. The highest BCUT2D eigenvalue weighted by Crippen LogP contribution is 2.17. The second-order valence-corrected chi connectivity index (χ2v) is 5.72. The topological polar surface area (TPSA) is 59.1 Å². The van der Waals surface area contributed by atoms with E-state index in [1.165, 1.54) is 12.3 Å². The van der Waals surface area contributed by atoms with Crippen molar-refractivity contribution in [3.63, 3.8) is 0 Å². The molecule has 4 nitrogen and oxygen atoms in total. The van der Waals surface area contributed by atoms with Crippen molar-refractivity contribution < 1.29 is 9.00 Å². The van der Waals surface area contributed by atoms with Crippen molar-refractivity contribution in [2.75, 3.05) is 18.6 Å². The molecular formula is C10H12Cl2N2O2S. The van der Waals surface area contributed by atoms with Gasteiger partial charge in [-0.15, -0.1) is 0 Å². The quantitative estimate of drug-likeness (QED) is 0.666. The largest absolute Gasteiger partial charge is 0.352 e. The van der Waals surface area contributed by atoms with Crippen molar-refractivity contribution in [1.82, 2.24) is 10.3 Å². The Labute approximate surface area is 112 Å². The molecule has 1 N–H and O–H groups in total. The van der Waals surface area contributed by atoms with Gasteiger partial charge in [0.1, 0.15) is 5.15 Å². The normalized spacial score (nSPS) is 12.2. The molecule has 1 unspecified atom stereocenters. The van der Waals surface area contributed by atoms with Crippen LogP contribution in [0, 0.1) is 0 Å². The van der Waals surface area contributed by atoms with Crippen LogP contribution in [0.3, 0.4) is 0 Å². The van der Waals surface area contributed by atoms with E-state index >= 15 is 0 Å². The molecule has 0 radical (unpaired) electrons. The van der Waals surface area contributed by atoms with Crippen LogP contribution in [0.25, 0.3) is 0 Å². The zero-order valence-electron chi connectivity index (χ0n) is 9.20. The molecule has 0 aliphatic carbocycles. The number of nitrogens with zero attached hydrogens (tertiary/aromatic N) is 1. The fourth-order valence-corrected chi connectivity index (χ4v) is 2.06. The summed E-state index contributed by atoms with van der Waals surface area (Å²) < 4.78 is 10.8. The van der Waals surface area contributed by atoms with Crippen LogP contribution < -0.4 is 5.32 Å². The van der Waals surface area contributed by atoms with Crippen LogP contribution in [-0.4, -0.2) is 33.7 Å². The highest BCUT2D eigenvalue weighted by molar-refractivity contribution is 7.84. The summed E-state index contributed by atoms with van der Waals surface area (Å²) in [5, 5.41) is 3.15. The predicted octanol–water partition coefficient (Wildman–Crippen LogP) is 1.89. The molecule has 1 heterocycles. The van der Waals surface area contributed by atoms with E-state index in [0.29, 0.717) is 24.3 Å². The molecule has 94 valence electrons. The number of pyridine rings is 1. The number of amides is 1. The number of halogens is 2. The highest BCUT2D eigenvalue weighted by atomic mass is 35.5. The van der Waals surface area contributed by atoms with E-state index in [-0.39, 0.29) is 16.1 Å². The van der Waals surface area contributed by atoms with Crippen molar-refractivity contribution >= 4 is 39.9 Å². The number of hydrogen-bond acceptors (Lipinski definition) is 3. The number of hydrogen-bond donors (Lipinski definition) is 1. The van der Waals surface area contributed by atoms with E-state index < -0.39 is 10.8 Å². The molecule has 0 aromatic carbocycles. The van der Waals surface area contributed by atoms with E-state index in [9.17, 15) is 9.00 Å². The van der Waals surface area contributed by atoms with Gasteiger partial charge in [-0.1, -0.05) is 23.2 Å². The Hall–Kier alpha value is -0.650. The highest BCUT2D eigenvalue weighted by Gasteiger charge is 2.10. The summed E-state index contributed by atoms with van der Waals surface area (Å²) in [4.78, 5) is 15.5. The fraction of sp³-hybridized carbons (Fsp3) is 0.400. The molecule has 0 fully saturated rings. The Morgan fingerprint density at radius 2 is 2.24 bits per heavy atom. The minimum absolute atomic E-state index is 0.217. The summed E-state index contributed by atoms with van der Waals surface area (Å²) in [6, 6.07) is 1.41. The Morgan fingerprint density at radius 3 is 2.88 bits per heavy atom. The third-order valence-corrected chi connectivity index (χ3v) is 3.33. The summed E-state index contributed by atoms with van der Waals surface area (Å²) in [5.41, 5.74) is 0.296. The predicted molar refractivity (Wildman–Crippen MR) is 70.1 cm³/mol. The van der Waals surface area contributed by atoms with Gasteiger partial charge in [-0.05, 0) is 12.5 Å². The van der Waals surface area contributed by atoms with Crippen molar-refractivity contribution in [3.05, 3.63) is 28.0 Å². The maximum Gasteiger partial charge on any atom is 0.252 e. The molecule has 17 heavy (non-hydrogen) atoms. The van der Waals surface area contributed by atoms with E-state index in [0.717, 1.165) is 0 Å². The molecule has 0 aliphatic rings. The molecule has 0 aliphatic heterocycles. The van der Waals surface area contributed by atoms with Gasteiger partial charge in [0.25, 0.3) is 5.91 Å². The third-order valence-electron chi connectivity index (χ3n) is 1.96. The van der Waals surface area contributed by atoms with Crippen LogP contribution in [0.4, 0.5) is 0 Å². The molecule has 1 aromatic heterocycles. The molecule has 0 saturated carbocycles. The van der Waals surface area contributed by atoms with Gasteiger partial charge >= 0.3 is 0 Å². The monoisotopic (exact) mass is 294 g/mol. The standard InChI is InChI=1S/C10H12Cl2N2O2S/c1-17(16)4-2-3-13-10(15)7-5-9(12)14-6-8(7)11/h5-6H,2-4H2,1H3,(H,13,15). The molecule has 1 aromatic rings. The number of rotatable bonds is 5. The Bertz CT molecular complexity index is 440. The van der Waals surface area contributed by atoms with Crippen LogP contribution in [0.5, 0.6) is 0 Å². The lowest BCUT2D eigenvalue weighted by molar-refractivity contribution is 0.0954. The van der Waals surface area contributed by atoms with Crippen LogP contribution in [0.15, 0.2) is 12.3 Å². The van der Waals surface area contributed by atoms with Gasteiger partial charge in [0.15, 0.2) is 0 Å². The number of nitrogens with one attached hydrogen (secondary N) is 1. The number of carbonyl (C=O) groups is 1. The molecule has 0 spiro atoms. The third kappa shape index (κ3) is 5.02. The van der Waals surface area contributed by atoms with E-state index in [4.69, 9.17) is 23.2 Å². The zero-order chi connectivity index (χ0) is 12.8. The smallest absolute Gasteiger partial charge is 0.252 e.